The fraction of sp³-hybridized carbons (Fsp3) is 0.560. The molecule has 1 saturated heterocycles. The molecule has 1 aliphatic carbocycles. The average molecular weight is 588 g/mol. The van der Waals surface area contributed by atoms with Gasteiger partial charge in [0.2, 0.25) is 0 Å². The topological polar surface area (TPSA) is 158 Å². The summed E-state index contributed by atoms with van der Waals surface area (Å²) in [5.74, 6) is -1.33. The lowest BCUT2D eigenvalue weighted by Crippen LogP contribution is -2.44. The molecule has 40 heavy (non-hydrogen) atoms. The molecule has 1 aromatic carbocycles. The molecular formula is C25H32F2N3O9P. The molecule has 0 spiro atoms. The number of alkyl halides is 1. The van der Waals surface area contributed by atoms with Gasteiger partial charge in [-0.1, -0.05) is 6.42 Å². The van der Waals surface area contributed by atoms with Crippen molar-refractivity contribution in [1.29, 1.82) is 0 Å². The largest absolute Gasteiger partial charge is 0.461 e. The number of H-pyrrole nitrogens is 1. The molecule has 3 unspecified atom stereocenters. The molecule has 2 aromatic rings. The highest BCUT2D eigenvalue weighted by Gasteiger charge is 2.56. The number of carbonyl (C=O) groups is 1. The van der Waals surface area contributed by atoms with Crippen LogP contribution in [-0.4, -0.2) is 57.3 Å². The normalized spacial score (nSPS) is 27.6. The molecule has 6 atom stereocenters. The highest BCUT2D eigenvalue weighted by molar-refractivity contribution is 7.52. The van der Waals surface area contributed by atoms with Crippen molar-refractivity contribution in [1.82, 2.24) is 14.6 Å². The zero-order chi connectivity index (χ0) is 29.1. The first kappa shape index (κ1) is 30.1. The molecule has 1 aliphatic heterocycles. The Hall–Kier alpha value is -2.90. The van der Waals surface area contributed by atoms with E-state index in [-0.39, 0.29) is 11.9 Å². The summed E-state index contributed by atoms with van der Waals surface area (Å²) in [5, 5.41) is 13.1. The smallest absolute Gasteiger partial charge is 0.459 e. The molecule has 2 aliphatic rings. The summed E-state index contributed by atoms with van der Waals surface area (Å²) in [6, 6.07) is 4.32. The Morgan fingerprint density at radius 1 is 1.25 bits per heavy atom. The fourth-order valence-electron chi connectivity index (χ4n) is 4.60. The molecule has 15 heteroatoms. The highest BCUT2D eigenvalue weighted by atomic mass is 31.2. The number of aliphatic hydroxyl groups is 1. The van der Waals surface area contributed by atoms with Crippen molar-refractivity contribution in [2.24, 2.45) is 0 Å². The molecule has 0 radical (unpaired) electrons. The molecular weight excluding hydrogens is 555 g/mol. The van der Waals surface area contributed by atoms with Crippen LogP contribution in [0.5, 0.6) is 5.75 Å². The first-order valence-corrected chi connectivity index (χ1v) is 14.4. The Bertz CT molecular complexity index is 1340. The van der Waals surface area contributed by atoms with Crippen molar-refractivity contribution in [3.05, 3.63) is 63.2 Å². The van der Waals surface area contributed by atoms with Crippen LogP contribution >= 0.6 is 7.75 Å². The number of halogens is 2. The van der Waals surface area contributed by atoms with Crippen molar-refractivity contribution in [2.45, 2.75) is 82.2 Å². The number of benzene rings is 1. The maximum absolute atomic E-state index is 15.5. The standard InChI is InChI=1S/C25H32F2N3O9P/c1-15(22(33)37-17-6-4-3-5-7-17)29-40(35,39-18-10-8-16(26)9-11-18)36-14-19-21(32)25(2,27)23(38-19)30-13-12-20(31)28-24(30)34/h8-13,15,17,19,21,23,32H,3-7,14H2,1-2H3,(H,29,35)(H,28,31,34)/t15-,19?,21+,23?,25+,40?/m0/s1. The lowest BCUT2D eigenvalue weighted by molar-refractivity contribution is -0.152. The van der Waals surface area contributed by atoms with Crippen molar-refractivity contribution in [3.8, 4) is 5.75 Å². The maximum Gasteiger partial charge on any atom is 0.459 e. The van der Waals surface area contributed by atoms with Gasteiger partial charge in [0.15, 0.2) is 11.9 Å². The van der Waals surface area contributed by atoms with Crippen molar-refractivity contribution >= 4 is 13.7 Å². The van der Waals surface area contributed by atoms with Gasteiger partial charge in [-0.15, -0.1) is 0 Å². The van der Waals surface area contributed by atoms with Gasteiger partial charge in [0.1, 0.15) is 35.9 Å². The Balaban J connectivity index is 1.49. The highest BCUT2D eigenvalue weighted by Crippen LogP contribution is 2.47. The Labute approximate surface area is 228 Å². The minimum atomic E-state index is -4.45. The monoisotopic (exact) mass is 587 g/mol. The zero-order valence-corrected chi connectivity index (χ0v) is 22.9. The summed E-state index contributed by atoms with van der Waals surface area (Å²) in [7, 11) is -4.45. The number of ether oxygens (including phenoxy) is 2. The van der Waals surface area contributed by atoms with Crippen LogP contribution in [0.1, 0.15) is 52.2 Å². The van der Waals surface area contributed by atoms with Gasteiger partial charge >= 0.3 is 19.4 Å². The summed E-state index contributed by atoms with van der Waals surface area (Å²) in [6.45, 7) is 1.69. The van der Waals surface area contributed by atoms with E-state index in [4.69, 9.17) is 18.5 Å². The minimum absolute atomic E-state index is 0.0639. The van der Waals surface area contributed by atoms with E-state index in [0.29, 0.717) is 0 Å². The van der Waals surface area contributed by atoms with Gasteiger partial charge in [0.05, 0.1) is 6.61 Å². The summed E-state index contributed by atoms with van der Waals surface area (Å²) in [6.07, 6.45) is 0.145. The summed E-state index contributed by atoms with van der Waals surface area (Å²) < 4.78 is 65.5. The Kier molecular flexibility index (Phi) is 9.26. The number of hydrogen-bond donors (Lipinski definition) is 3. The van der Waals surface area contributed by atoms with Crippen LogP contribution < -0.4 is 20.9 Å². The third-order valence-corrected chi connectivity index (χ3v) is 8.45. The number of aliphatic hydroxyl groups excluding tert-OH is 1. The first-order chi connectivity index (χ1) is 18.9. The number of carbonyl (C=O) groups excluding carboxylic acids is 1. The molecule has 12 nitrogen and oxygen atoms in total. The fourth-order valence-corrected chi connectivity index (χ4v) is 6.10. The lowest BCUT2D eigenvalue weighted by Gasteiger charge is -2.27. The number of aromatic nitrogens is 2. The number of hydrogen-bond acceptors (Lipinski definition) is 9. The molecule has 1 saturated carbocycles. The number of nitrogens with one attached hydrogen (secondary N) is 2. The van der Waals surface area contributed by atoms with Gasteiger partial charge in [0.25, 0.3) is 5.56 Å². The number of nitrogens with zero attached hydrogens (tertiary/aromatic N) is 1. The van der Waals surface area contributed by atoms with E-state index >= 15 is 4.39 Å². The van der Waals surface area contributed by atoms with Gasteiger partial charge in [-0.05, 0) is 63.8 Å². The number of aromatic amines is 1. The molecule has 0 amide bonds. The van der Waals surface area contributed by atoms with E-state index < -0.39 is 67.5 Å². The first-order valence-electron chi connectivity index (χ1n) is 12.9. The molecule has 2 fully saturated rings. The van der Waals surface area contributed by atoms with Gasteiger partial charge in [0, 0.05) is 12.3 Å². The van der Waals surface area contributed by atoms with Crippen LogP contribution in [0.4, 0.5) is 8.78 Å². The van der Waals surface area contributed by atoms with Gasteiger partial charge in [-0.3, -0.25) is 23.7 Å². The van der Waals surface area contributed by atoms with E-state index in [0.717, 1.165) is 68.0 Å². The average Bonchev–Trinajstić information content (AvgIpc) is 3.13. The summed E-state index contributed by atoms with van der Waals surface area (Å²) in [4.78, 5) is 38.3. The van der Waals surface area contributed by atoms with Crippen LogP contribution in [0.2, 0.25) is 0 Å². The van der Waals surface area contributed by atoms with E-state index in [1.165, 1.54) is 19.1 Å². The van der Waals surface area contributed by atoms with E-state index in [1.807, 2.05) is 4.98 Å². The van der Waals surface area contributed by atoms with Crippen LogP contribution in [0.3, 0.4) is 0 Å². The van der Waals surface area contributed by atoms with Crippen LogP contribution in [0.25, 0.3) is 0 Å². The second kappa shape index (κ2) is 12.3. The summed E-state index contributed by atoms with van der Waals surface area (Å²) in [5.41, 5.74) is -4.20. The van der Waals surface area contributed by atoms with Gasteiger partial charge < -0.3 is 19.1 Å². The van der Waals surface area contributed by atoms with Gasteiger partial charge in [-0.2, -0.15) is 5.09 Å². The second-order valence-corrected chi connectivity index (χ2v) is 11.7. The lowest BCUT2D eigenvalue weighted by atomic mass is 9.98. The molecule has 3 N–H and O–H groups in total. The second-order valence-electron chi connectivity index (χ2n) is 10.0. The Morgan fingerprint density at radius 2 is 1.93 bits per heavy atom. The van der Waals surface area contributed by atoms with E-state index in [9.17, 15) is 28.4 Å². The minimum Gasteiger partial charge on any atom is -0.461 e. The molecule has 220 valence electrons. The number of esters is 1. The zero-order valence-electron chi connectivity index (χ0n) is 22.0. The van der Waals surface area contributed by atoms with E-state index in [1.54, 1.807) is 0 Å². The SMILES string of the molecule is C[C@H](NP(=O)(OCC1OC(n2ccc(=O)[nH]c2=O)[C@](C)(F)[C@@H]1O)Oc1ccc(F)cc1)C(=O)OC1CCCCC1. The summed E-state index contributed by atoms with van der Waals surface area (Å²) >= 11 is 0. The molecule has 2 heterocycles. The predicted octanol–water partition coefficient (Wildman–Crippen LogP) is 2.72. The predicted molar refractivity (Wildman–Crippen MR) is 137 cm³/mol. The molecule has 4 rings (SSSR count). The quantitative estimate of drug-likeness (QED) is 0.279. The Morgan fingerprint density at radius 3 is 2.58 bits per heavy atom. The van der Waals surface area contributed by atoms with Gasteiger partial charge in [-0.25, -0.2) is 18.1 Å². The van der Waals surface area contributed by atoms with Crippen molar-refractivity contribution < 1.29 is 41.8 Å². The third kappa shape index (κ3) is 7.05. The van der Waals surface area contributed by atoms with Crippen LogP contribution in [0, 0.1) is 5.82 Å². The van der Waals surface area contributed by atoms with E-state index in [2.05, 4.69) is 5.09 Å². The maximum atomic E-state index is 15.5. The van der Waals surface area contributed by atoms with Crippen molar-refractivity contribution in [2.75, 3.05) is 6.61 Å². The third-order valence-electron chi connectivity index (χ3n) is 6.81. The molecule has 0 bridgehead atoms. The van der Waals surface area contributed by atoms with Crippen LogP contribution in [0.15, 0.2) is 46.1 Å². The van der Waals surface area contributed by atoms with Crippen LogP contribution in [-0.2, 0) is 23.4 Å². The molecule has 1 aromatic heterocycles. The van der Waals surface area contributed by atoms with Crippen molar-refractivity contribution in [3.63, 3.8) is 0 Å². The number of rotatable bonds is 10.